The van der Waals surface area contributed by atoms with Crippen LogP contribution in [0.4, 0.5) is 0 Å². The standard InChI is InChI=1S/C19H22N2O3/c1-13(19(23)21-10-8-15(9-11-21)18(20)22)24-17-7-6-14-4-2-3-5-16(14)12-17/h2-7,12-13,15H,8-11H2,1H3,(H2,20,22)/t13-/m1/s1. The Morgan fingerprint density at radius 1 is 1.12 bits per heavy atom. The van der Waals surface area contributed by atoms with Crippen molar-refractivity contribution in [2.45, 2.75) is 25.9 Å². The molecule has 24 heavy (non-hydrogen) atoms. The summed E-state index contributed by atoms with van der Waals surface area (Å²) in [6, 6.07) is 13.8. The van der Waals surface area contributed by atoms with Crippen LogP contribution < -0.4 is 10.5 Å². The van der Waals surface area contributed by atoms with Crippen molar-refractivity contribution < 1.29 is 14.3 Å². The summed E-state index contributed by atoms with van der Waals surface area (Å²) in [5.41, 5.74) is 5.33. The van der Waals surface area contributed by atoms with Crippen LogP contribution in [0.1, 0.15) is 19.8 Å². The molecule has 3 rings (SSSR count). The van der Waals surface area contributed by atoms with Crippen LogP contribution in [0.25, 0.3) is 10.8 Å². The first kappa shape index (κ1) is 16.3. The molecule has 1 aliphatic rings. The fraction of sp³-hybridized carbons (Fsp3) is 0.368. The van der Waals surface area contributed by atoms with Gasteiger partial charge >= 0.3 is 0 Å². The summed E-state index contributed by atoms with van der Waals surface area (Å²) in [4.78, 5) is 25.5. The predicted octanol–water partition coefficient (Wildman–Crippen LogP) is 2.33. The number of hydrogen-bond donors (Lipinski definition) is 1. The lowest BCUT2D eigenvalue weighted by Gasteiger charge is -2.32. The van der Waals surface area contributed by atoms with E-state index in [9.17, 15) is 9.59 Å². The highest BCUT2D eigenvalue weighted by molar-refractivity contribution is 5.84. The van der Waals surface area contributed by atoms with Gasteiger partial charge in [0.15, 0.2) is 6.10 Å². The van der Waals surface area contributed by atoms with E-state index >= 15 is 0 Å². The Bertz CT molecular complexity index is 751. The molecular formula is C19H22N2O3. The molecule has 0 aliphatic carbocycles. The predicted molar refractivity (Wildman–Crippen MR) is 92.5 cm³/mol. The second kappa shape index (κ2) is 6.91. The first-order valence-corrected chi connectivity index (χ1v) is 8.28. The quantitative estimate of drug-likeness (QED) is 0.937. The zero-order chi connectivity index (χ0) is 17.1. The third-order valence-electron chi connectivity index (χ3n) is 4.59. The molecule has 1 aliphatic heterocycles. The third-order valence-corrected chi connectivity index (χ3v) is 4.59. The van der Waals surface area contributed by atoms with Crippen LogP contribution in [0, 0.1) is 5.92 Å². The summed E-state index contributed by atoms with van der Waals surface area (Å²) in [6.07, 6.45) is 0.698. The minimum atomic E-state index is -0.559. The first-order chi connectivity index (χ1) is 11.5. The highest BCUT2D eigenvalue weighted by atomic mass is 16.5. The lowest BCUT2D eigenvalue weighted by atomic mass is 9.96. The Morgan fingerprint density at radius 3 is 2.46 bits per heavy atom. The number of carbonyl (C=O) groups is 2. The molecule has 2 N–H and O–H groups in total. The van der Waals surface area contributed by atoms with Crippen LogP contribution in [-0.4, -0.2) is 35.9 Å². The van der Waals surface area contributed by atoms with Gasteiger partial charge in [-0.3, -0.25) is 9.59 Å². The molecular weight excluding hydrogens is 304 g/mol. The van der Waals surface area contributed by atoms with Crippen LogP contribution in [0.2, 0.25) is 0 Å². The number of ether oxygens (including phenoxy) is 1. The van der Waals surface area contributed by atoms with Gasteiger partial charge < -0.3 is 15.4 Å². The molecule has 0 unspecified atom stereocenters. The average molecular weight is 326 g/mol. The summed E-state index contributed by atoms with van der Waals surface area (Å²) < 4.78 is 5.83. The van der Waals surface area contributed by atoms with Gasteiger partial charge in [-0.1, -0.05) is 30.3 Å². The minimum absolute atomic E-state index is 0.0499. The normalized spacial score (nSPS) is 16.8. The van der Waals surface area contributed by atoms with Crippen molar-refractivity contribution in [3.05, 3.63) is 42.5 Å². The highest BCUT2D eigenvalue weighted by Crippen LogP contribution is 2.23. The number of likely N-dealkylation sites (tertiary alicyclic amines) is 1. The number of carbonyl (C=O) groups excluding carboxylic acids is 2. The molecule has 1 atom stereocenters. The number of nitrogens with two attached hydrogens (primary N) is 1. The second-order valence-corrected chi connectivity index (χ2v) is 6.27. The number of benzene rings is 2. The van der Waals surface area contributed by atoms with E-state index in [1.807, 2.05) is 42.5 Å². The van der Waals surface area contributed by atoms with Gasteiger partial charge in [-0.15, -0.1) is 0 Å². The van der Waals surface area contributed by atoms with Gasteiger partial charge in [0.25, 0.3) is 5.91 Å². The molecule has 1 saturated heterocycles. The van der Waals surface area contributed by atoms with E-state index < -0.39 is 6.10 Å². The van der Waals surface area contributed by atoms with Gasteiger partial charge in [0.1, 0.15) is 5.75 Å². The van der Waals surface area contributed by atoms with Gasteiger partial charge in [0.05, 0.1) is 0 Å². The van der Waals surface area contributed by atoms with Gasteiger partial charge in [0, 0.05) is 19.0 Å². The van der Waals surface area contributed by atoms with Crippen molar-refractivity contribution in [1.29, 1.82) is 0 Å². The lowest BCUT2D eigenvalue weighted by molar-refractivity contribution is -0.140. The fourth-order valence-electron chi connectivity index (χ4n) is 3.14. The number of primary amides is 1. The Balaban J connectivity index is 1.62. The van der Waals surface area contributed by atoms with E-state index in [-0.39, 0.29) is 17.7 Å². The molecule has 5 heteroatoms. The molecule has 126 valence electrons. The van der Waals surface area contributed by atoms with Crippen molar-refractivity contribution in [2.75, 3.05) is 13.1 Å². The van der Waals surface area contributed by atoms with E-state index in [1.165, 1.54) is 0 Å². The van der Waals surface area contributed by atoms with Crippen molar-refractivity contribution >= 4 is 22.6 Å². The maximum atomic E-state index is 12.5. The van der Waals surface area contributed by atoms with Gasteiger partial charge in [0.2, 0.25) is 5.91 Å². The number of rotatable bonds is 4. The van der Waals surface area contributed by atoms with E-state index in [0.717, 1.165) is 10.8 Å². The molecule has 0 radical (unpaired) electrons. The number of piperidine rings is 1. The van der Waals surface area contributed by atoms with Crippen molar-refractivity contribution in [1.82, 2.24) is 4.90 Å². The lowest BCUT2D eigenvalue weighted by Crippen LogP contribution is -2.46. The summed E-state index contributed by atoms with van der Waals surface area (Å²) in [5.74, 6) is 0.237. The Hall–Kier alpha value is -2.56. The maximum Gasteiger partial charge on any atom is 0.263 e. The van der Waals surface area contributed by atoms with Crippen molar-refractivity contribution in [3.8, 4) is 5.75 Å². The monoisotopic (exact) mass is 326 g/mol. The van der Waals surface area contributed by atoms with Crippen molar-refractivity contribution in [2.24, 2.45) is 11.7 Å². The summed E-state index contributed by atoms with van der Waals surface area (Å²) in [5, 5.41) is 2.22. The largest absolute Gasteiger partial charge is 0.481 e. The maximum absolute atomic E-state index is 12.5. The number of fused-ring (bicyclic) bond motifs is 1. The van der Waals surface area contributed by atoms with E-state index in [4.69, 9.17) is 10.5 Å². The van der Waals surface area contributed by atoms with Crippen molar-refractivity contribution in [3.63, 3.8) is 0 Å². The molecule has 0 bridgehead atoms. The molecule has 1 fully saturated rings. The topological polar surface area (TPSA) is 72.6 Å². The zero-order valence-electron chi connectivity index (χ0n) is 13.8. The Labute approximate surface area is 141 Å². The zero-order valence-corrected chi connectivity index (χ0v) is 13.8. The number of nitrogens with zero attached hydrogens (tertiary/aromatic N) is 1. The molecule has 2 aromatic carbocycles. The first-order valence-electron chi connectivity index (χ1n) is 8.28. The van der Waals surface area contributed by atoms with E-state index in [1.54, 1.807) is 11.8 Å². The summed E-state index contributed by atoms with van der Waals surface area (Å²) in [6.45, 7) is 2.87. The average Bonchev–Trinajstić information content (AvgIpc) is 2.61. The molecule has 0 saturated carbocycles. The number of amides is 2. The van der Waals surface area contributed by atoms with Crippen LogP contribution in [0.5, 0.6) is 5.75 Å². The molecule has 2 amide bonds. The molecule has 0 aromatic heterocycles. The molecule has 0 spiro atoms. The number of hydrogen-bond acceptors (Lipinski definition) is 3. The summed E-state index contributed by atoms with van der Waals surface area (Å²) in [7, 11) is 0. The molecule has 2 aromatic rings. The third kappa shape index (κ3) is 3.50. The highest BCUT2D eigenvalue weighted by Gasteiger charge is 2.29. The Morgan fingerprint density at radius 2 is 1.79 bits per heavy atom. The van der Waals surface area contributed by atoms with E-state index in [2.05, 4.69) is 0 Å². The minimum Gasteiger partial charge on any atom is -0.481 e. The summed E-state index contributed by atoms with van der Waals surface area (Å²) >= 11 is 0. The van der Waals surface area contributed by atoms with Gasteiger partial charge in [-0.2, -0.15) is 0 Å². The van der Waals surface area contributed by atoms with Crippen LogP contribution in [0.3, 0.4) is 0 Å². The van der Waals surface area contributed by atoms with Gasteiger partial charge in [-0.25, -0.2) is 0 Å². The second-order valence-electron chi connectivity index (χ2n) is 6.27. The molecule has 1 heterocycles. The Kier molecular flexibility index (Phi) is 4.69. The fourth-order valence-corrected chi connectivity index (χ4v) is 3.14. The van der Waals surface area contributed by atoms with Gasteiger partial charge in [-0.05, 0) is 42.7 Å². The van der Waals surface area contributed by atoms with Crippen LogP contribution in [0.15, 0.2) is 42.5 Å². The van der Waals surface area contributed by atoms with Crippen LogP contribution >= 0.6 is 0 Å². The van der Waals surface area contributed by atoms with Crippen LogP contribution in [-0.2, 0) is 9.59 Å². The SMILES string of the molecule is C[C@@H](Oc1ccc2ccccc2c1)C(=O)N1CCC(C(N)=O)CC1. The smallest absolute Gasteiger partial charge is 0.263 e. The van der Waals surface area contributed by atoms with E-state index in [0.29, 0.717) is 31.7 Å². The molecule has 5 nitrogen and oxygen atoms in total.